The van der Waals surface area contributed by atoms with E-state index in [2.05, 4.69) is 4.99 Å². The van der Waals surface area contributed by atoms with Gasteiger partial charge < -0.3 is 14.2 Å². The number of hydrogen-bond acceptors (Lipinski definition) is 7. The van der Waals surface area contributed by atoms with Gasteiger partial charge in [0.2, 0.25) is 0 Å². The van der Waals surface area contributed by atoms with Crippen LogP contribution in [0.25, 0.3) is 6.08 Å². The molecule has 1 aliphatic rings. The molecule has 222 valence electrons. The highest BCUT2D eigenvalue weighted by molar-refractivity contribution is 7.07. The van der Waals surface area contributed by atoms with Crippen LogP contribution in [-0.4, -0.2) is 23.2 Å². The molecule has 1 aromatic heterocycles. The molecule has 5 rings (SSSR count). The molecule has 7 nitrogen and oxygen atoms in total. The van der Waals surface area contributed by atoms with Gasteiger partial charge in [-0.15, -0.1) is 0 Å². The second kappa shape index (κ2) is 13.2. The van der Waals surface area contributed by atoms with Crippen LogP contribution in [0.2, 0.25) is 10.0 Å². The number of ether oxygens (including phenoxy) is 3. The van der Waals surface area contributed by atoms with E-state index < -0.39 is 12.0 Å². The van der Waals surface area contributed by atoms with E-state index in [9.17, 15) is 9.59 Å². The molecule has 4 aromatic rings. The zero-order chi connectivity index (χ0) is 30.7. The van der Waals surface area contributed by atoms with Crippen LogP contribution >= 0.6 is 34.5 Å². The highest BCUT2D eigenvalue weighted by Gasteiger charge is 2.33. The first-order valence-electron chi connectivity index (χ1n) is 13.8. The lowest BCUT2D eigenvalue weighted by atomic mass is 9.96. The minimum Gasteiger partial charge on any atom is -0.494 e. The number of allylic oxidation sites excluding steroid dienone is 1. The fraction of sp³-hybridized carbons (Fsp3) is 0.242. The number of para-hydroxylation sites is 1. The van der Waals surface area contributed by atoms with E-state index in [-0.39, 0.29) is 18.3 Å². The summed E-state index contributed by atoms with van der Waals surface area (Å²) >= 11 is 13.6. The lowest BCUT2D eigenvalue weighted by Gasteiger charge is -2.25. The van der Waals surface area contributed by atoms with Crippen LogP contribution in [0.1, 0.15) is 50.4 Å². The maximum Gasteiger partial charge on any atom is 0.338 e. The summed E-state index contributed by atoms with van der Waals surface area (Å²) in [5, 5.41) is 1.05. The standard InChI is InChI=1S/C33H30Cl2N2O5S/c1-5-40-25-14-11-21(12-15-25)30-29(32(39)42-19(2)3)20(4)36-33-37(30)31(38)28(43-33)16-22-8-6-7-9-27(22)41-18-23-10-13-24(34)17-26(23)35/h6-17,19,30H,5,18H2,1-4H3/b28-16+/t30-/m1/s1. The number of halogens is 2. The summed E-state index contributed by atoms with van der Waals surface area (Å²) < 4.78 is 19.3. The number of esters is 1. The molecule has 1 atom stereocenters. The van der Waals surface area contributed by atoms with Gasteiger partial charge in [0.15, 0.2) is 4.80 Å². The maximum atomic E-state index is 14.0. The first kappa shape index (κ1) is 30.6. The van der Waals surface area contributed by atoms with Gasteiger partial charge >= 0.3 is 5.97 Å². The van der Waals surface area contributed by atoms with Crippen molar-refractivity contribution in [3.8, 4) is 11.5 Å². The van der Waals surface area contributed by atoms with E-state index in [0.717, 1.165) is 11.1 Å². The predicted octanol–water partition coefficient (Wildman–Crippen LogP) is 6.47. The number of aromatic nitrogens is 1. The molecular weight excluding hydrogens is 607 g/mol. The molecular formula is C33H30Cl2N2O5S. The molecule has 0 amide bonds. The first-order chi connectivity index (χ1) is 20.7. The minimum absolute atomic E-state index is 0.223. The Morgan fingerprint density at radius 1 is 1.07 bits per heavy atom. The van der Waals surface area contributed by atoms with Crippen molar-refractivity contribution < 1.29 is 19.0 Å². The van der Waals surface area contributed by atoms with Crippen molar-refractivity contribution in [2.24, 2.45) is 4.99 Å². The molecule has 0 N–H and O–H groups in total. The van der Waals surface area contributed by atoms with Gasteiger partial charge in [0.05, 0.1) is 34.6 Å². The highest BCUT2D eigenvalue weighted by atomic mass is 35.5. The van der Waals surface area contributed by atoms with E-state index in [1.807, 2.05) is 61.5 Å². The van der Waals surface area contributed by atoms with Crippen LogP contribution in [0.4, 0.5) is 0 Å². The van der Waals surface area contributed by atoms with Crippen LogP contribution in [0.15, 0.2) is 87.8 Å². The fourth-order valence-corrected chi connectivity index (χ4v) is 6.26. The van der Waals surface area contributed by atoms with Crippen LogP contribution < -0.4 is 24.4 Å². The van der Waals surface area contributed by atoms with Gasteiger partial charge in [-0.05, 0) is 69.7 Å². The first-order valence-corrected chi connectivity index (χ1v) is 15.4. The Hall–Kier alpha value is -3.85. The average Bonchev–Trinajstić information content (AvgIpc) is 3.26. The van der Waals surface area contributed by atoms with Crippen molar-refractivity contribution in [3.05, 3.63) is 124 Å². The van der Waals surface area contributed by atoms with Gasteiger partial charge in [0, 0.05) is 21.2 Å². The Morgan fingerprint density at radius 2 is 1.81 bits per heavy atom. The maximum absolute atomic E-state index is 14.0. The van der Waals surface area contributed by atoms with Crippen molar-refractivity contribution in [3.63, 3.8) is 0 Å². The molecule has 3 aromatic carbocycles. The Labute approximate surface area is 263 Å². The SMILES string of the molecule is CCOc1ccc([C@@H]2C(C(=O)OC(C)C)=C(C)N=c3s/c(=C/c4ccccc4OCc4ccc(Cl)cc4Cl)c(=O)n32)cc1. The van der Waals surface area contributed by atoms with Crippen LogP contribution in [0.3, 0.4) is 0 Å². The lowest BCUT2D eigenvalue weighted by molar-refractivity contribution is -0.143. The smallest absolute Gasteiger partial charge is 0.338 e. The molecule has 0 saturated heterocycles. The van der Waals surface area contributed by atoms with E-state index in [1.54, 1.807) is 43.5 Å². The molecule has 0 spiro atoms. The molecule has 1 aliphatic heterocycles. The number of rotatable bonds is 9. The van der Waals surface area contributed by atoms with Gasteiger partial charge in [-0.25, -0.2) is 9.79 Å². The molecule has 43 heavy (non-hydrogen) atoms. The fourth-order valence-electron chi connectivity index (χ4n) is 4.76. The number of thiazole rings is 1. The van der Waals surface area contributed by atoms with E-state index in [4.69, 9.17) is 37.4 Å². The van der Waals surface area contributed by atoms with Crippen molar-refractivity contribution in [1.82, 2.24) is 4.57 Å². The summed E-state index contributed by atoms with van der Waals surface area (Å²) in [6.45, 7) is 8.00. The Morgan fingerprint density at radius 3 is 2.51 bits per heavy atom. The number of hydrogen-bond donors (Lipinski definition) is 0. The summed E-state index contributed by atoms with van der Waals surface area (Å²) in [6, 6.07) is 19.3. The zero-order valence-corrected chi connectivity index (χ0v) is 26.4. The van der Waals surface area contributed by atoms with E-state index >= 15 is 0 Å². The predicted molar refractivity (Wildman–Crippen MR) is 170 cm³/mol. The van der Waals surface area contributed by atoms with E-state index in [0.29, 0.717) is 54.3 Å². The molecule has 0 aliphatic carbocycles. The summed E-state index contributed by atoms with van der Waals surface area (Å²) in [7, 11) is 0. The monoisotopic (exact) mass is 636 g/mol. The molecule has 0 fully saturated rings. The second-order valence-electron chi connectivity index (χ2n) is 10.1. The Kier molecular flexibility index (Phi) is 9.40. The van der Waals surface area contributed by atoms with Crippen LogP contribution in [-0.2, 0) is 16.1 Å². The second-order valence-corrected chi connectivity index (χ2v) is 12.0. The van der Waals surface area contributed by atoms with E-state index in [1.165, 1.54) is 11.3 Å². The average molecular weight is 638 g/mol. The number of benzene rings is 3. The molecule has 0 saturated carbocycles. The quantitative estimate of drug-likeness (QED) is 0.197. The Balaban J connectivity index is 1.58. The number of fused-ring (bicyclic) bond motifs is 1. The van der Waals surface area contributed by atoms with Crippen molar-refractivity contribution in [1.29, 1.82) is 0 Å². The topological polar surface area (TPSA) is 79.1 Å². The largest absolute Gasteiger partial charge is 0.494 e. The normalized spacial score (nSPS) is 14.9. The lowest BCUT2D eigenvalue weighted by Crippen LogP contribution is -2.40. The third-order valence-electron chi connectivity index (χ3n) is 6.70. The van der Waals surface area contributed by atoms with Gasteiger partial charge in [-0.3, -0.25) is 9.36 Å². The number of carbonyl (C=O) groups excluding carboxylic acids is 1. The van der Waals surface area contributed by atoms with Crippen LogP contribution in [0.5, 0.6) is 11.5 Å². The molecule has 0 unspecified atom stereocenters. The van der Waals surface area contributed by atoms with Crippen LogP contribution in [0, 0.1) is 0 Å². The number of nitrogens with zero attached hydrogens (tertiary/aromatic N) is 2. The van der Waals surface area contributed by atoms with Crippen molar-refractivity contribution in [2.45, 2.75) is 46.4 Å². The molecule has 0 bridgehead atoms. The van der Waals surface area contributed by atoms with Gasteiger partial charge in [0.1, 0.15) is 18.1 Å². The highest BCUT2D eigenvalue weighted by Crippen LogP contribution is 2.32. The third-order valence-corrected chi connectivity index (χ3v) is 8.26. The summed E-state index contributed by atoms with van der Waals surface area (Å²) in [5.41, 5.74) is 2.78. The van der Waals surface area contributed by atoms with Crippen molar-refractivity contribution in [2.75, 3.05) is 6.61 Å². The molecule has 2 heterocycles. The summed E-state index contributed by atoms with van der Waals surface area (Å²) in [5.74, 6) is 0.769. The van der Waals surface area contributed by atoms with Gasteiger partial charge in [0.25, 0.3) is 5.56 Å². The summed E-state index contributed by atoms with van der Waals surface area (Å²) in [6.07, 6.45) is 1.45. The van der Waals surface area contributed by atoms with Gasteiger partial charge in [-0.2, -0.15) is 0 Å². The van der Waals surface area contributed by atoms with Crippen molar-refractivity contribution >= 4 is 46.6 Å². The molecule has 10 heteroatoms. The van der Waals surface area contributed by atoms with Gasteiger partial charge in [-0.1, -0.05) is 70.9 Å². The molecule has 0 radical (unpaired) electrons. The minimum atomic E-state index is -0.723. The number of carbonyl (C=O) groups is 1. The zero-order valence-electron chi connectivity index (χ0n) is 24.1. The summed E-state index contributed by atoms with van der Waals surface area (Å²) in [4.78, 5) is 32.6. The third kappa shape index (κ3) is 6.72. The Bertz CT molecular complexity index is 1880.